The van der Waals surface area contributed by atoms with Gasteiger partial charge in [-0.1, -0.05) is 44.0 Å². The van der Waals surface area contributed by atoms with E-state index in [9.17, 15) is 4.79 Å². The predicted molar refractivity (Wildman–Crippen MR) is 88.7 cm³/mol. The van der Waals surface area contributed by atoms with Crippen molar-refractivity contribution >= 4 is 17.5 Å². The molecule has 1 aromatic carbocycles. The van der Waals surface area contributed by atoms with Crippen molar-refractivity contribution in [2.75, 3.05) is 7.05 Å². The molecule has 0 heterocycles. The van der Waals surface area contributed by atoms with Crippen LogP contribution in [0.3, 0.4) is 0 Å². The van der Waals surface area contributed by atoms with Crippen LogP contribution in [0.2, 0.25) is 5.02 Å². The summed E-state index contributed by atoms with van der Waals surface area (Å²) in [5.41, 5.74) is 0.802. The van der Waals surface area contributed by atoms with Crippen molar-refractivity contribution in [3.63, 3.8) is 0 Å². The first-order valence-corrected chi connectivity index (χ1v) is 8.28. The minimum atomic E-state index is -0.315. The second-order valence-corrected chi connectivity index (χ2v) is 7.27. The average Bonchev–Trinajstić information content (AvgIpc) is 2.37. The molecule has 1 unspecified atom stereocenters. The van der Waals surface area contributed by atoms with E-state index >= 15 is 0 Å². The molecule has 3 heteroatoms. The van der Waals surface area contributed by atoms with Crippen molar-refractivity contribution in [2.45, 2.75) is 57.9 Å². The first kappa shape index (κ1) is 16.4. The summed E-state index contributed by atoms with van der Waals surface area (Å²) >= 11 is 5.98. The highest BCUT2D eigenvalue weighted by molar-refractivity contribution is 6.30. The van der Waals surface area contributed by atoms with Gasteiger partial charge in [-0.2, -0.15) is 0 Å². The summed E-state index contributed by atoms with van der Waals surface area (Å²) in [5, 5.41) is 0.724. The van der Waals surface area contributed by atoms with Gasteiger partial charge in [-0.3, -0.25) is 4.79 Å². The maximum atomic E-state index is 13.0. The molecule has 0 spiro atoms. The first-order chi connectivity index (χ1) is 9.86. The van der Waals surface area contributed by atoms with E-state index in [-0.39, 0.29) is 17.4 Å². The zero-order chi connectivity index (χ0) is 15.6. The summed E-state index contributed by atoms with van der Waals surface area (Å²) in [6, 6.07) is 8.09. The van der Waals surface area contributed by atoms with Crippen molar-refractivity contribution in [3.8, 4) is 0 Å². The zero-order valence-electron chi connectivity index (χ0n) is 13.5. The molecule has 1 saturated carbocycles. The van der Waals surface area contributed by atoms with E-state index in [4.69, 9.17) is 11.6 Å². The van der Waals surface area contributed by atoms with Gasteiger partial charge in [0.25, 0.3) is 0 Å². The molecule has 1 aliphatic rings. The Balaban J connectivity index is 2.20. The average molecular weight is 308 g/mol. The highest BCUT2D eigenvalue weighted by Gasteiger charge is 2.47. The molecular formula is C18H26ClNO. The number of amides is 1. The van der Waals surface area contributed by atoms with E-state index in [1.165, 1.54) is 0 Å². The van der Waals surface area contributed by atoms with Gasteiger partial charge >= 0.3 is 0 Å². The third-order valence-corrected chi connectivity index (χ3v) is 5.06. The van der Waals surface area contributed by atoms with Gasteiger partial charge in [0.1, 0.15) is 0 Å². The summed E-state index contributed by atoms with van der Waals surface area (Å²) in [4.78, 5) is 15.0. The van der Waals surface area contributed by atoms with E-state index in [0.29, 0.717) is 5.92 Å². The normalized spacial score (nSPS) is 18.2. The number of benzene rings is 1. The van der Waals surface area contributed by atoms with Crippen LogP contribution in [0.5, 0.6) is 0 Å². The Labute approximate surface area is 133 Å². The molecule has 0 N–H and O–H groups in total. The number of carbonyl (C=O) groups excluding carboxylic acids is 1. The largest absolute Gasteiger partial charge is 0.342 e. The number of hydrogen-bond donors (Lipinski definition) is 0. The zero-order valence-corrected chi connectivity index (χ0v) is 14.3. The van der Waals surface area contributed by atoms with Crippen molar-refractivity contribution < 1.29 is 4.79 Å². The molecule has 1 atom stereocenters. The second-order valence-electron chi connectivity index (χ2n) is 6.84. The minimum absolute atomic E-state index is 0.268. The lowest BCUT2D eigenvalue weighted by molar-refractivity contribution is -0.141. The van der Waals surface area contributed by atoms with Crippen LogP contribution >= 0.6 is 11.6 Å². The fourth-order valence-electron chi connectivity index (χ4n) is 3.30. The van der Waals surface area contributed by atoms with Crippen molar-refractivity contribution in [3.05, 3.63) is 34.9 Å². The van der Waals surface area contributed by atoms with E-state index in [1.807, 2.05) is 36.2 Å². The van der Waals surface area contributed by atoms with Crippen LogP contribution in [0.1, 0.15) is 52.0 Å². The van der Waals surface area contributed by atoms with E-state index in [1.54, 1.807) is 0 Å². The number of rotatable bonds is 5. The topological polar surface area (TPSA) is 20.3 Å². The SMILES string of the molecule is CC(C)CC(C)N(C)C(=O)C1(c2ccc(Cl)cc2)CCC1. The molecule has 1 fully saturated rings. The number of carbonyl (C=O) groups is 1. The molecule has 1 amide bonds. The van der Waals surface area contributed by atoms with E-state index < -0.39 is 0 Å². The lowest BCUT2D eigenvalue weighted by Gasteiger charge is -2.44. The monoisotopic (exact) mass is 307 g/mol. The lowest BCUT2D eigenvalue weighted by atomic mass is 9.63. The maximum absolute atomic E-state index is 13.0. The Morgan fingerprint density at radius 3 is 2.24 bits per heavy atom. The highest BCUT2D eigenvalue weighted by atomic mass is 35.5. The summed E-state index contributed by atoms with van der Waals surface area (Å²) in [5.74, 6) is 0.868. The van der Waals surface area contributed by atoms with Gasteiger partial charge in [-0.25, -0.2) is 0 Å². The quantitative estimate of drug-likeness (QED) is 0.775. The van der Waals surface area contributed by atoms with Gasteiger partial charge < -0.3 is 4.90 Å². The summed E-state index contributed by atoms with van der Waals surface area (Å²) in [7, 11) is 1.95. The molecule has 0 bridgehead atoms. The number of hydrogen-bond acceptors (Lipinski definition) is 1. The van der Waals surface area contributed by atoms with Crippen LogP contribution in [0.4, 0.5) is 0 Å². The third-order valence-electron chi connectivity index (χ3n) is 4.81. The third kappa shape index (κ3) is 3.26. The molecule has 0 aromatic heterocycles. The van der Waals surface area contributed by atoms with Crippen LogP contribution in [0.25, 0.3) is 0 Å². The maximum Gasteiger partial charge on any atom is 0.233 e. The van der Waals surface area contributed by atoms with Gasteiger partial charge in [0.05, 0.1) is 5.41 Å². The lowest BCUT2D eigenvalue weighted by Crippen LogP contribution is -2.52. The Kier molecular flexibility index (Phi) is 4.98. The van der Waals surface area contributed by atoms with Crippen LogP contribution in [0.15, 0.2) is 24.3 Å². The standard InChI is InChI=1S/C18H26ClNO/c1-13(2)12-14(3)20(4)17(21)18(10-5-11-18)15-6-8-16(19)9-7-15/h6-9,13-14H,5,10-12H2,1-4H3. The van der Waals surface area contributed by atoms with Gasteiger partial charge in [-0.15, -0.1) is 0 Å². The molecule has 21 heavy (non-hydrogen) atoms. The Morgan fingerprint density at radius 2 is 1.81 bits per heavy atom. The van der Waals surface area contributed by atoms with Gasteiger partial charge in [-0.05, 0) is 49.8 Å². The fraction of sp³-hybridized carbons (Fsp3) is 0.611. The molecule has 2 rings (SSSR count). The van der Waals surface area contributed by atoms with Crippen LogP contribution in [-0.2, 0) is 10.2 Å². The first-order valence-electron chi connectivity index (χ1n) is 7.90. The van der Waals surface area contributed by atoms with Crippen LogP contribution < -0.4 is 0 Å². The molecule has 2 nitrogen and oxygen atoms in total. The minimum Gasteiger partial charge on any atom is -0.342 e. The molecule has 116 valence electrons. The molecule has 0 radical (unpaired) electrons. The number of nitrogens with zero attached hydrogens (tertiary/aromatic N) is 1. The highest BCUT2D eigenvalue weighted by Crippen LogP contribution is 2.45. The van der Waals surface area contributed by atoms with Crippen LogP contribution in [-0.4, -0.2) is 23.9 Å². The van der Waals surface area contributed by atoms with Crippen molar-refractivity contribution in [2.24, 2.45) is 5.92 Å². The van der Waals surface area contributed by atoms with E-state index in [2.05, 4.69) is 20.8 Å². The Bertz CT molecular complexity index is 490. The van der Waals surface area contributed by atoms with Gasteiger partial charge in [0.2, 0.25) is 5.91 Å². The smallest absolute Gasteiger partial charge is 0.233 e. The Morgan fingerprint density at radius 1 is 1.24 bits per heavy atom. The predicted octanol–water partition coefficient (Wildman–Crippen LogP) is 4.65. The number of likely N-dealkylation sites (N-methyl/N-ethyl adjacent to an activating group) is 1. The molecular weight excluding hydrogens is 282 g/mol. The second kappa shape index (κ2) is 6.39. The molecule has 1 aliphatic carbocycles. The van der Waals surface area contributed by atoms with Crippen LogP contribution in [0, 0.1) is 5.92 Å². The summed E-state index contributed by atoms with van der Waals surface area (Å²) < 4.78 is 0. The molecule has 0 saturated heterocycles. The van der Waals surface area contributed by atoms with Gasteiger partial charge in [0.15, 0.2) is 0 Å². The Hall–Kier alpha value is -1.02. The van der Waals surface area contributed by atoms with Crippen molar-refractivity contribution in [1.29, 1.82) is 0 Å². The van der Waals surface area contributed by atoms with E-state index in [0.717, 1.165) is 36.3 Å². The number of halogens is 1. The molecule has 0 aliphatic heterocycles. The molecule has 1 aromatic rings. The summed E-state index contributed by atoms with van der Waals surface area (Å²) in [6.07, 6.45) is 4.07. The fourth-order valence-corrected chi connectivity index (χ4v) is 3.43. The summed E-state index contributed by atoms with van der Waals surface area (Å²) in [6.45, 7) is 6.55. The van der Waals surface area contributed by atoms with Crippen molar-refractivity contribution in [1.82, 2.24) is 4.90 Å². The van der Waals surface area contributed by atoms with Gasteiger partial charge in [0, 0.05) is 18.1 Å².